The highest BCUT2D eigenvalue weighted by Crippen LogP contribution is 2.62. The first-order chi connectivity index (χ1) is 7.37. The van der Waals surface area contributed by atoms with Crippen LogP contribution in [0.5, 0.6) is 0 Å². The number of hydrogen-bond donors (Lipinski definition) is 0. The SMILES string of the molecule is CC1C=C2CC3CC(CS(C)(=O)=O)(C1)CC23. The topological polar surface area (TPSA) is 34.1 Å². The highest BCUT2D eigenvalue weighted by Gasteiger charge is 2.54. The highest BCUT2D eigenvalue weighted by atomic mass is 32.2. The van der Waals surface area contributed by atoms with Gasteiger partial charge in [0.25, 0.3) is 0 Å². The van der Waals surface area contributed by atoms with Crippen LogP contribution in [0.2, 0.25) is 0 Å². The first-order valence-corrected chi connectivity index (χ1v) is 8.31. The normalized spacial score (nSPS) is 45.9. The van der Waals surface area contributed by atoms with E-state index in [0.29, 0.717) is 11.7 Å². The van der Waals surface area contributed by atoms with Crippen LogP contribution in [-0.4, -0.2) is 20.4 Å². The number of allylic oxidation sites excluding steroid dienone is 2. The first kappa shape index (κ1) is 10.8. The third-order valence-electron chi connectivity index (χ3n) is 4.71. The predicted molar refractivity (Wildman–Crippen MR) is 64.8 cm³/mol. The molecule has 3 heteroatoms. The van der Waals surface area contributed by atoms with Crippen molar-refractivity contribution in [3.05, 3.63) is 11.6 Å². The molecule has 0 spiro atoms. The van der Waals surface area contributed by atoms with E-state index in [4.69, 9.17) is 0 Å². The van der Waals surface area contributed by atoms with E-state index in [1.165, 1.54) is 12.7 Å². The third-order valence-corrected chi connectivity index (χ3v) is 5.85. The monoisotopic (exact) mass is 240 g/mol. The van der Waals surface area contributed by atoms with Crippen molar-refractivity contribution in [2.75, 3.05) is 12.0 Å². The van der Waals surface area contributed by atoms with Crippen molar-refractivity contribution in [3.63, 3.8) is 0 Å². The highest BCUT2D eigenvalue weighted by molar-refractivity contribution is 7.90. The van der Waals surface area contributed by atoms with E-state index in [2.05, 4.69) is 13.0 Å². The van der Waals surface area contributed by atoms with Crippen molar-refractivity contribution < 1.29 is 8.42 Å². The Hall–Kier alpha value is -0.310. The summed E-state index contributed by atoms with van der Waals surface area (Å²) in [5.74, 6) is 2.54. The van der Waals surface area contributed by atoms with Crippen molar-refractivity contribution in [2.24, 2.45) is 23.2 Å². The van der Waals surface area contributed by atoms with Gasteiger partial charge in [-0.3, -0.25) is 0 Å². The van der Waals surface area contributed by atoms with Gasteiger partial charge in [-0.2, -0.15) is 0 Å². The van der Waals surface area contributed by atoms with Gasteiger partial charge in [0.1, 0.15) is 9.84 Å². The Kier molecular flexibility index (Phi) is 2.11. The lowest BCUT2D eigenvalue weighted by Gasteiger charge is -2.36. The average Bonchev–Trinajstić information content (AvgIpc) is 2.26. The van der Waals surface area contributed by atoms with Gasteiger partial charge in [-0.25, -0.2) is 8.42 Å². The van der Waals surface area contributed by atoms with Crippen LogP contribution in [0, 0.1) is 23.2 Å². The summed E-state index contributed by atoms with van der Waals surface area (Å²) in [5.41, 5.74) is 1.74. The Balaban J connectivity index is 1.92. The van der Waals surface area contributed by atoms with Gasteiger partial charge in [-0.1, -0.05) is 18.6 Å². The van der Waals surface area contributed by atoms with Crippen LogP contribution in [0.4, 0.5) is 0 Å². The van der Waals surface area contributed by atoms with Gasteiger partial charge in [-0.15, -0.1) is 0 Å². The fourth-order valence-electron chi connectivity index (χ4n) is 4.56. The van der Waals surface area contributed by atoms with Crippen LogP contribution in [0.1, 0.15) is 32.6 Å². The van der Waals surface area contributed by atoms with Crippen LogP contribution in [0.3, 0.4) is 0 Å². The molecule has 16 heavy (non-hydrogen) atoms. The van der Waals surface area contributed by atoms with Crippen molar-refractivity contribution in [2.45, 2.75) is 32.6 Å². The molecule has 0 aromatic carbocycles. The molecule has 2 nitrogen and oxygen atoms in total. The molecule has 2 saturated carbocycles. The van der Waals surface area contributed by atoms with Crippen molar-refractivity contribution >= 4 is 9.84 Å². The molecule has 2 bridgehead atoms. The first-order valence-electron chi connectivity index (χ1n) is 6.25. The molecule has 4 atom stereocenters. The minimum Gasteiger partial charge on any atom is -0.229 e. The Labute approximate surface area is 98.0 Å². The lowest BCUT2D eigenvalue weighted by molar-refractivity contribution is 0.263. The minimum atomic E-state index is -2.84. The fraction of sp³-hybridized carbons (Fsp3) is 0.846. The number of sulfone groups is 1. The lowest BCUT2D eigenvalue weighted by Crippen LogP contribution is -2.29. The molecule has 0 aliphatic heterocycles. The van der Waals surface area contributed by atoms with Gasteiger partial charge in [0.2, 0.25) is 0 Å². The summed E-state index contributed by atoms with van der Waals surface area (Å²) < 4.78 is 23.2. The second-order valence-corrected chi connectivity index (χ2v) is 8.61. The van der Waals surface area contributed by atoms with E-state index in [1.54, 1.807) is 5.57 Å². The van der Waals surface area contributed by atoms with Crippen LogP contribution in [-0.2, 0) is 9.84 Å². The molecule has 0 amide bonds. The number of fused-ring (bicyclic) bond motifs is 1. The van der Waals surface area contributed by atoms with Crippen LogP contribution in [0.25, 0.3) is 0 Å². The molecule has 2 fully saturated rings. The second-order valence-electron chi connectivity index (χ2n) is 6.47. The zero-order valence-corrected chi connectivity index (χ0v) is 10.9. The summed E-state index contributed by atoms with van der Waals surface area (Å²) in [6.07, 6.45) is 8.45. The lowest BCUT2D eigenvalue weighted by atomic mass is 9.70. The molecule has 0 aromatic heterocycles. The molecular weight excluding hydrogens is 220 g/mol. The van der Waals surface area contributed by atoms with Crippen molar-refractivity contribution in [3.8, 4) is 0 Å². The maximum Gasteiger partial charge on any atom is 0.148 e. The zero-order valence-electron chi connectivity index (χ0n) is 10.1. The van der Waals surface area contributed by atoms with Crippen LogP contribution >= 0.6 is 0 Å². The molecule has 0 aromatic rings. The Bertz CT molecular complexity index is 449. The number of hydrogen-bond acceptors (Lipinski definition) is 2. The zero-order chi connectivity index (χ0) is 11.6. The van der Waals surface area contributed by atoms with E-state index in [-0.39, 0.29) is 5.41 Å². The summed E-state index contributed by atoms with van der Waals surface area (Å²) in [6.45, 7) is 2.24. The smallest absolute Gasteiger partial charge is 0.148 e. The van der Waals surface area contributed by atoms with E-state index in [1.807, 2.05) is 0 Å². The number of rotatable bonds is 2. The molecule has 90 valence electrons. The molecule has 4 unspecified atom stereocenters. The maximum atomic E-state index is 11.6. The standard InChI is InChI=1S/C13H20O2S/c1-9-3-10-4-11-6-13(5-9,7-12(10)11)8-16(2,14)15/h3,9,11-12H,4-8H2,1-2H3. The van der Waals surface area contributed by atoms with Crippen molar-refractivity contribution in [1.82, 2.24) is 0 Å². The molecular formula is C13H20O2S. The van der Waals surface area contributed by atoms with Gasteiger partial charge in [0.05, 0.1) is 5.75 Å². The fourth-order valence-corrected chi connectivity index (χ4v) is 6.02. The summed E-state index contributed by atoms with van der Waals surface area (Å²) in [5, 5.41) is 0. The van der Waals surface area contributed by atoms with E-state index >= 15 is 0 Å². The molecule has 0 saturated heterocycles. The van der Waals surface area contributed by atoms with Gasteiger partial charge >= 0.3 is 0 Å². The Morgan fingerprint density at radius 3 is 2.81 bits per heavy atom. The van der Waals surface area contributed by atoms with Gasteiger partial charge in [-0.05, 0) is 48.9 Å². The van der Waals surface area contributed by atoms with E-state index < -0.39 is 9.84 Å². The Morgan fingerprint density at radius 2 is 2.12 bits per heavy atom. The summed E-state index contributed by atoms with van der Waals surface area (Å²) in [4.78, 5) is 0. The minimum absolute atomic E-state index is 0.108. The van der Waals surface area contributed by atoms with E-state index in [0.717, 1.165) is 31.1 Å². The largest absolute Gasteiger partial charge is 0.229 e. The molecule has 0 heterocycles. The van der Waals surface area contributed by atoms with Gasteiger partial charge in [0.15, 0.2) is 0 Å². The third kappa shape index (κ3) is 1.64. The summed E-state index contributed by atoms with van der Waals surface area (Å²) in [6, 6.07) is 0. The molecule has 0 radical (unpaired) electrons. The molecule has 3 aliphatic carbocycles. The quantitative estimate of drug-likeness (QED) is 0.695. The molecule has 3 rings (SSSR count). The van der Waals surface area contributed by atoms with Gasteiger partial charge in [0, 0.05) is 6.26 Å². The predicted octanol–water partition coefficient (Wildman–Crippen LogP) is 2.41. The second kappa shape index (κ2) is 3.12. The summed E-state index contributed by atoms with van der Waals surface area (Å²) >= 11 is 0. The van der Waals surface area contributed by atoms with Gasteiger partial charge < -0.3 is 0 Å². The molecule has 0 N–H and O–H groups in total. The maximum absolute atomic E-state index is 11.6. The molecule has 3 aliphatic rings. The van der Waals surface area contributed by atoms with Crippen LogP contribution < -0.4 is 0 Å². The van der Waals surface area contributed by atoms with Crippen LogP contribution in [0.15, 0.2) is 11.6 Å². The average molecular weight is 240 g/mol. The van der Waals surface area contributed by atoms with E-state index in [9.17, 15) is 8.42 Å². The Morgan fingerprint density at radius 1 is 1.38 bits per heavy atom. The van der Waals surface area contributed by atoms with Crippen molar-refractivity contribution in [1.29, 1.82) is 0 Å². The summed E-state index contributed by atoms with van der Waals surface area (Å²) in [7, 11) is -2.84.